The Morgan fingerprint density at radius 1 is 1.23 bits per heavy atom. The Kier molecular flexibility index (Phi) is 7.29. The first kappa shape index (κ1) is 18.9. The van der Waals surface area contributed by atoms with Gasteiger partial charge in [-0.05, 0) is 19.8 Å². The zero-order chi connectivity index (χ0) is 16.8. The van der Waals surface area contributed by atoms with Gasteiger partial charge >= 0.3 is 0 Å². The molecule has 1 rings (SSSR count). The summed E-state index contributed by atoms with van der Waals surface area (Å²) in [7, 11) is 0. The predicted octanol–water partition coefficient (Wildman–Crippen LogP) is 0.567. The van der Waals surface area contributed by atoms with Gasteiger partial charge in [0.15, 0.2) is 0 Å². The van der Waals surface area contributed by atoms with Gasteiger partial charge in [-0.25, -0.2) is 0 Å². The fraction of sp³-hybridized carbons (Fsp3) is 0.875. The Balaban J connectivity index is 2.34. The molecule has 0 saturated heterocycles. The second-order valence-electron chi connectivity index (χ2n) is 7.04. The standard InChI is InChI=1S/C16H30N2O4/c1-11(18-14(21)12-7-5-4-6-8-12)9-17-15(22)13(20)16(2,3)10-19/h11-13,19-20H,4-10H2,1-3H3,(H,17,22)(H,18,21). The Morgan fingerprint density at radius 2 is 1.82 bits per heavy atom. The van der Waals surface area contributed by atoms with Gasteiger partial charge < -0.3 is 20.8 Å². The van der Waals surface area contributed by atoms with Crippen molar-refractivity contribution in [2.24, 2.45) is 11.3 Å². The summed E-state index contributed by atoms with van der Waals surface area (Å²) in [6.07, 6.45) is 4.01. The lowest BCUT2D eigenvalue weighted by Crippen LogP contribution is -2.50. The number of carbonyl (C=O) groups excluding carboxylic acids is 2. The summed E-state index contributed by atoms with van der Waals surface area (Å²) in [5, 5.41) is 24.6. The number of amides is 2. The summed E-state index contributed by atoms with van der Waals surface area (Å²) in [5.74, 6) is -0.388. The molecule has 0 bridgehead atoms. The molecule has 4 N–H and O–H groups in total. The van der Waals surface area contributed by atoms with Gasteiger partial charge in [0.1, 0.15) is 6.10 Å². The van der Waals surface area contributed by atoms with Crippen molar-refractivity contribution in [1.29, 1.82) is 0 Å². The molecular formula is C16H30N2O4. The Bertz CT molecular complexity index is 378. The van der Waals surface area contributed by atoms with Crippen LogP contribution in [0.2, 0.25) is 0 Å². The number of hydrogen-bond acceptors (Lipinski definition) is 4. The molecule has 2 amide bonds. The Morgan fingerprint density at radius 3 is 2.36 bits per heavy atom. The number of aliphatic hydroxyl groups excluding tert-OH is 2. The molecule has 1 aliphatic rings. The van der Waals surface area contributed by atoms with Crippen molar-refractivity contribution in [2.75, 3.05) is 13.2 Å². The van der Waals surface area contributed by atoms with Gasteiger partial charge in [0.25, 0.3) is 0 Å². The molecule has 0 aromatic rings. The summed E-state index contributed by atoms with van der Waals surface area (Å²) in [5.41, 5.74) is -0.890. The minimum absolute atomic E-state index is 0.0534. The van der Waals surface area contributed by atoms with Crippen molar-refractivity contribution in [1.82, 2.24) is 10.6 Å². The maximum Gasteiger partial charge on any atom is 0.249 e. The smallest absolute Gasteiger partial charge is 0.249 e. The molecule has 22 heavy (non-hydrogen) atoms. The van der Waals surface area contributed by atoms with Crippen molar-refractivity contribution >= 4 is 11.8 Å². The van der Waals surface area contributed by atoms with Crippen LogP contribution in [0, 0.1) is 11.3 Å². The van der Waals surface area contributed by atoms with Crippen molar-refractivity contribution < 1.29 is 19.8 Å². The van der Waals surface area contributed by atoms with E-state index in [4.69, 9.17) is 5.11 Å². The Hall–Kier alpha value is -1.14. The second-order valence-corrected chi connectivity index (χ2v) is 7.04. The fourth-order valence-corrected chi connectivity index (χ4v) is 2.57. The normalized spacial score (nSPS) is 19.3. The summed E-state index contributed by atoms with van der Waals surface area (Å²) >= 11 is 0. The van der Waals surface area contributed by atoms with Crippen LogP contribution in [0.1, 0.15) is 52.9 Å². The molecule has 0 aromatic carbocycles. The van der Waals surface area contributed by atoms with Crippen molar-refractivity contribution in [2.45, 2.75) is 65.0 Å². The lowest BCUT2D eigenvalue weighted by Gasteiger charge is -2.28. The van der Waals surface area contributed by atoms with Crippen LogP contribution in [0.15, 0.2) is 0 Å². The molecule has 1 aliphatic carbocycles. The summed E-state index contributed by atoms with van der Waals surface area (Å²) in [6.45, 7) is 5.03. The molecule has 0 aliphatic heterocycles. The zero-order valence-electron chi connectivity index (χ0n) is 13.9. The third kappa shape index (κ3) is 5.57. The van der Waals surface area contributed by atoms with E-state index in [0.717, 1.165) is 25.7 Å². The van der Waals surface area contributed by atoms with Crippen LogP contribution < -0.4 is 10.6 Å². The number of rotatable bonds is 7. The molecule has 128 valence electrons. The lowest BCUT2D eigenvalue weighted by molar-refractivity contribution is -0.137. The van der Waals surface area contributed by atoms with E-state index in [0.29, 0.717) is 0 Å². The topological polar surface area (TPSA) is 98.7 Å². The molecule has 1 fully saturated rings. The van der Waals surface area contributed by atoms with Crippen LogP contribution in [-0.4, -0.2) is 47.3 Å². The molecule has 0 spiro atoms. The van der Waals surface area contributed by atoms with Crippen molar-refractivity contribution in [3.63, 3.8) is 0 Å². The molecule has 0 heterocycles. The second kappa shape index (κ2) is 8.48. The van der Waals surface area contributed by atoms with Gasteiger partial charge in [0.05, 0.1) is 6.61 Å². The number of nitrogens with one attached hydrogen (secondary N) is 2. The van der Waals surface area contributed by atoms with Crippen LogP contribution in [0.5, 0.6) is 0 Å². The van der Waals surface area contributed by atoms with Gasteiger partial charge in [-0.15, -0.1) is 0 Å². The molecule has 0 radical (unpaired) electrons. The quantitative estimate of drug-likeness (QED) is 0.552. The lowest BCUT2D eigenvalue weighted by atomic mass is 9.87. The maximum absolute atomic E-state index is 12.1. The molecule has 2 atom stereocenters. The molecule has 2 unspecified atom stereocenters. The van der Waals surface area contributed by atoms with Gasteiger partial charge in [0, 0.05) is 23.9 Å². The van der Waals surface area contributed by atoms with Gasteiger partial charge in [-0.3, -0.25) is 9.59 Å². The summed E-state index contributed by atoms with van der Waals surface area (Å²) in [6, 6.07) is -0.192. The highest BCUT2D eigenvalue weighted by molar-refractivity contribution is 5.81. The zero-order valence-corrected chi connectivity index (χ0v) is 13.9. The molecule has 6 heteroatoms. The average molecular weight is 314 g/mol. The Labute approximate surface area is 132 Å². The third-order valence-electron chi connectivity index (χ3n) is 4.34. The number of hydrogen-bond donors (Lipinski definition) is 4. The summed E-state index contributed by atoms with van der Waals surface area (Å²) < 4.78 is 0. The minimum Gasteiger partial charge on any atom is -0.396 e. The highest BCUT2D eigenvalue weighted by atomic mass is 16.3. The largest absolute Gasteiger partial charge is 0.396 e. The van der Waals surface area contributed by atoms with E-state index in [2.05, 4.69) is 10.6 Å². The van der Waals surface area contributed by atoms with E-state index in [-0.39, 0.29) is 31.0 Å². The van der Waals surface area contributed by atoms with Gasteiger partial charge in [0.2, 0.25) is 11.8 Å². The molecule has 6 nitrogen and oxygen atoms in total. The van der Waals surface area contributed by atoms with Crippen LogP contribution in [0.4, 0.5) is 0 Å². The molecule has 0 aromatic heterocycles. The SMILES string of the molecule is CC(CNC(=O)C(O)C(C)(C)CO)NC(=O)C1CCCCC1. The monoisotopic (exact) mass is 314 g/mol. The van der Waals surface area contributed by atoms with E-state index in [1.807, 2.05) is 6.92 Å². The van der Waals surface area contributed by atoms with E-state index >= 15 is 0 Å². The van der Waals surface area contributed by atoms with Gasteiger partial charge in [-0.1, -0.05) is 33.1 Å². The molecule has 1 saturated carbocycles. The van der Waals surface area contributed by atoms with Crippen LogP contribution in [0.25, 0.3) is 0 Å². The highest BCUT2D eigenvalue weighted by Gasteiger charge is 2.33. The van der Waals surface area contributed by atoms with Crippen LogP contribution in [0.3, 0.4) is 0 Å². The van der Waals surface area contributed by atoms with Crippen LogP contribution in [-0.2, 0) is 9.59 Å². The van der Waals surface area contributed by atoms with Crippen molar-refractivity contribution in [3.8, 4) is 0 Å². The molecular weight excluding hydrogens is 284 g/mol. The van der Waals surface area contributed by atoms with E-state index in [9.17, 15) is 14.7 Å². The first-order valence-corrected chi connectivity index (χ1v) is 8.15. The first-order valence-electron chi connectivity index (χ1n) is 8.15. The van der Waals surface area contributed by atoms with E-state index in [1.54, 1.807) is 13.8 Å². The van der Waals surface area contributed by atoms with E-state index < -0.39 is 17.4 Å². The number of carbonyl (C=O) groups is 2. The van der Waals surface area contributed by atoms with E-state index in [1.165, 1.54) is 6.42 Å². The first-order chi connectivity index (χ1) is 10.3. The van der Waals surface area contributed by atoms with Crippen LogP contribution >= 0.6 is 0 Å². The predicted molar refractivity (Wildman–Crippen MR) is 84.1 cm³/mol. The fourth-order valence-electron chi connectivity index (χ4n) is 2.57. The minimum atomic E-state index is -1.28. The van der Waals surface area contributed by atoms with Crippen molar-refractivity contribution in [3.05, 3.63) is 0 Å². The number of aliphatic hydroxyl groups is 2. The summed E-state index contributed by atoms with van der Waals surface area (Å²) in [4.78, 5) is 23.9. The third-order valence-corrected chi connectivity index (χ3v) is 4.34. The highest BCUT2D eigenvalue weighted by Crippen LogP contribution is 2.23. The maximum atomic E-state index is 12.1. The van der Waals surface area contributed by atoms with Gasteiger partial charge in [-0.2, -0.15) is 0 Å². The average Bonchev–Trinajstić information content (AvgIpc) is 2.52.